The number of amides is 1. The van der Waals surface area contributed by atoms with E-state index >= 15 is 0 Å². The zero-order valence-electron chi connectivity index (χ0n) is 9.97. The Kier molecular flexibility index (Phi) is 4.00. The van der Waals surface area contributed by atoms with E-state index < -0.39 is 23.1 Å². The van der Waals surface area contributed by atoms with Gasteiger partial charge in [-0.25, -0.2) is 8.78 Å². The van der Waals surface area contributed by atoms with Crippen LogP contribution in [0.25, 0.3) is 0 Å². The van der Waals surface area contributed by atoms with Gasteiger partial charge in [-0.2, -0.15) is 0 Å². The van der Waals surface area contributed by atoms with Crippen molar-refractivity contribution in [3.63, 3.8) is 0 Å². The summed E-state index contributed by atoms with van der Waals surface area (Å²) < 4.78 is 27.3. The van der Waals surface area contributed by atoms with Gasteiger partial charge in [0.15, 0.2) is 0 Å². The average molecular weight is 318 g/mol. The first-order valence-electron chi connectivity index (χ1n) is 5.91. The van der Waals surface area contributed by atoms with Crippen LogP contribution in [0.5, 0.6) is 0 Å². The zero-order valence-corrected chi connectivity index (χ0v) is 11.6. The van der Waals surface area contributed by atoms with Crippen LogP contribution in [0.2, 0.25) is 0 Å². The first-order chi connectivity index (χ1) is 8.49. The van der Waals surface area contributed by atoms with Crippen LogP contribution < -0.4 is 5.32 Å². The molecule has 0 radical (unpaired) electrons. The summed E-state index contributed by atoms with van der Waals surface area (Å²) in [6, 6.07) is 2.17. The molecule has 0 aliphatic heterocycles. The van der Waals surface area contributed by atoms with Crippen molar-refractivity contribution >= 4 is 21.8 Å². The molecule has 1 aliphatic carbocycles. The molecule has 2 rings (SSSR count). The van der Waals surface area contributed by atoms with Gasteiger partial charge in [0.05, 0.1) is 0 Å². The first-order valence-corrected chi connectivity index (χ1v) is 6.71. The Labute approximate surface area is 113 Å². The second-order valence-corrected chi connectivity index (χ2v) is 5.68. The molecule has 0 spiro atoms. The van der Waals surface area contributed by atoms with Gasteiger partial charge in [-0.1, -0.05) is 22.9 Å². The predicted octanol–water partition coefficient (Wildman–Crippen LogP) is 3.50. The van der Waals surface area contributed by atoms with Crippen LogP contribution in [0.15, 0.2) is 16.6 Å². The number of carbonyl (C=O) groups is 1. The molecule has 0 aromatic heterocycles. The van der Waals surface area contributed by atoms with E-state index in [1.54, 1.807) is 0 Å². The molecule has 1 unspecified atom stereocenters. The number of hydrogen-bond donors (Lipinski definition) is 1. The van der Waals surface area contributed by atoms with Crippen LogP contribution in [0.3, 0.4) is 0 Å². The molecular formula is C13H14BrF2NO. The maximum absolute atomic E-state index is 13.5. The molecule has 1 saturated carbocycles. The molecule has 1 aromatic carbocycles. The van der Waals surface area contributed by atoms with Crippen LogP contribution in [0, 0.1) is 23.5 Å². The standard InChI is InChI=1S/C13H14BrF2NO/c1-7(8-2-3-8)6-17-13(18)12-10(15)4-9(14)5-11(12)16/h4-5,7-8H,2-3,6H2,1H3,(H,17,18). The highest BCUT2D eigenvalue weighted by atomic mass is 79.9. The molecule has 1 fully saturated rings. The van der Waals surface area contributed by atoms with E-state index in [0.717, 1.165) is 12.1 Å². The van der Waals surface area contributed by atoms with Gasteiger partial charge >= 0.3 is 0 Å². The van der Waals surface area contributed by atoms with Crippen molar-refractivity contribution in [1.29, 1.82) is 0 Å². The number of benzene rings is 1. The normalized spacial score (nSPS) is 16.4. The van der Waals surface area contributed by atoms with Gasteiger partial charge in [0.2, 0.25) is 0 Å². The lowest BCUT2D eigenvalue weighted by atomic mass is 10.1. The molecule has 18 heavy (non-hydrogen) atoms. The monoisotopic (exact) mass is 317 g/mol. The Morgan fingerprint density at radius 1 is 1.44 bits per heavy atom. The highest BCUT2D eigenvalue weighted by Gasteiger charge is 2.28. The molecule has 1 amide bonds. The van der Waals surface area contributed by atoms with Crippen LogP contribution in [0.4, 0.5) is 8.78 Å². The van der Waals surface area contributed by atoms with Gasteiger partial charge < -0.3 is 5.32 Å². The molecule has 2 nitrogen and oxygen atoms in total. The van der Waals surface area contributed by atoms with E-state index in [0.29, 0.717) is 18.4 Å². The first kappa shape index (κ1) is 13.5. The summed E-state index contributed by atoms with van der Waals surface area (Å²) in [5.41, 5.74) is -0.513. The Balaban J connectivity index is 2.04. The third kappa shape index (κ3) is 3.07. The van der Waals surface area contributed by atoms with E-state index in [1.165, 1.54) is 12.8 Å². The Morgan fingerprint density at radius 2 is 2.00 bits per heavy atom. The third-order valence-electron chi connectivity index (χ3n) is 3.25. The molecule has 0 saturated heterocycles. The number of hydrogen-bond acceptors (Lipinski definition) is 1. The highest BCUT2D eigenvalue weighted by molar-refractivity contribution is 9.10. The van der Waals surface area contributed by atoms with Crippen molar-refractivity contribution in [3.8, 4) is 0 Å². The summed E-state index contributed by atoms with van der Waals surface area (Å²) in [6.07, 6.45) is 2.36. The average Bonchev–Trinajstić information content (AvgIpc) is 3.07. The molecular weight excluding hydrogens is 304 g/mol. The summed E-state index contributed by atoms with van der Waals surface area (Å²) in [6.45, 7) is 2.49. The van der Waals surface area contributed by atoms with Gasteiger partial charge in [-0.3, -0.25) is 4.79 Å². The van der Waals surface area contributed by atoms with Crippen molar-refractivity contribution in [1.82, 2.24) is 5.32 Å². The van der Waals surface area contributed by atoms with Crippen LogP contribution in [-0.4, -0.2) is 12.5 Å². The second-order valence-electron chi connectivity index (χ2n) is 4.77. The van der Waals surface area contributed by atoms with Crippen LogP contribution in [-0.2, 0) is 0 Å². The summed E-state index contributed by atoms with van der Waals surface area (Å²) in [5.74, 6) is -1.39. The fraction of sp³-hybridized carbons (Fsp3) is 0.462. The topological polar surface area (TPSA) is 29.1 Å². The van der Waals surface area contributed by atoms with E-state index in [-0.39, 0.29) is 4.47 Å². The quantitative estimate of drug-likeness (QED) is 0.904. The van der Waals surface area contributed by atoms with Crippen LogP contribution in [0.1, 0.15) is 30.1 Å². The number of rotatable bonds is 4. The van der Waals surface area contributed by atoms with Crippen LogP contribution >= 0.6 is 15.9 Å². The SMILES string of the molecule is CC(CNC(=O)c1c(F)cc(Br)cc1F)C1CC1. The third-order valence-corrected chi connectivity index (χ3v) is 3.70. The fourth-order valence-electron chi connectivity index (χ4n) is 1.93. The van der Waals surface area contributed by atoms with Crippen molar-refractivity contribution in [3.05, 3.63) is 33.8 Å². The number of carbonyl (C=O) groups excluding carboxylic acids is 1. The number of halogens is 3. The van der Waals surface area contributed by atoms with Crippen molar-refractivity contribution < 1.29 is 13.6 Å². The zero-order chi connectivity index (χ0) is 13.3. The molecule has 1 N–H and O–H groups in total. The molecule has 0 bridgehead atoms. The molecule has 1 aliphatic rings. The lowest BCUT2D eigenvalue weighted by molar-refractivity contribution is 0.0938. The predicted molar refractivity (Wildman–Crippen MR) is 68.3 cm³/mol. The summed E-state index contributed by atoms with van der Waals surface area (Å²) in [7, 11) is 0. The Morgan fingerprint density at radius 3 is 2.50 bits per heavy atom. The second kappa shape index (κ2) is 5.34. The Hall–Kier alpha value is -0.970. The largest absolute Gasteiger partial charge is 0.352 e. The van der Waals surface area contributed by atoms with Gasteiger partial charge in [-0.15, -0.1) is 0 Å². The minimum atomic E-state index is -0.849. The minimum Gasteiger partial charge on any atom is -0.352 e. The lowest BCUT2D eigenvalue weighted by Gasteiger charge is -2.12. The summed E-state index contributed by atoms with van der Waals surface area (Å²) >= 11 is 2.97. The van der Waals surface area contributed by atoms with Gasteiger partial charge in [0.25, 0.3) is 5.91 Å². The molecule has 98 valence electrons. The molecule has 1 aromatic rings. The van der Waals surface area contributed by atoms with Crippen molar-refractivity contribution in [2.24, 2.45) is 11.8 Å². The van der Waals surface area contributed by atoms with Gasteiger partial charge in [0, 0.05) is 11.0 Å². The lowest BCUT2D eigenvalue weighted by Crippen LogP contribution is -2.30. The maximum atomic E-state index is 13.5. The van der Waals surface area contributed by atoms with E-state index in [4.69, 9.17) is 0 Å². The van der Waals surface area contributed by atoms with E-state index in [9.17, 15) is 13.6 Å². The molecule has 5 heteroatoms. The van der Waals surface area contributed by atoms with Gasteiger partial charge in [-0.05, 0) is 36.8 Å². The molecule has 0 heterocycles. The van der Waals surface area contributed by atoms with E-state index in [2.05, 4.69) is 21.2 Å². The fourth-order valence-corrected chi connectivity index (χ4v) is 2.34. The van der Waals surface area contributed by atoms with E-state index in [1.807, 2.05) is 6.92 Å². The highest BCUT2D eigenvalue weighted by Crippen LogP contribution is 2.36. The van der Waals surface area contributed by atoms with Gasteiger partial charge in [0.1, 0.15) is 17.2 Å². The minimum absolute atomic E-state index is 0.278. The summed E-state index contributed by atoms with van der Waals surface area (Å²) in [5, 5.41) is 2.59. The molecule has 1 atom stereocenters. The number of nitrogens with one attached hydrogen (secondary N) is 1. The van der Waals surface area contributed by atoms with Crippen molar-refractivity contribution in [2.75, 3.05) is 6.54 Å². The summed E-state index contributed by atoms with van der Waals surface area (Å²) in [4.78, 5) is 11.7. The maximum Gasteiger partial charge on any atom is 0.257 e. The Bertz CT molecular complexity index is 451. The van der Waals surface area contributed by atoms with Crippen molar-refractivity contribution in [2.45, 2.75) is 19.8 Å². The smallest absolute Gasteiger partial charge is 0.257 e.